The molecule has 0 atom stereocenters. The maximum Gasteiger partial charge on any atom is 0.410 e. The minimum absolute atomic E-state index is 0.252. The smallest absolute Gasteiger partial charge is 0.410 e. The Morgan fingerprint density at radius 3 is 2.34 bits per heavy atom. The lowest BCUT2D eigenvalue weighted by atomic mass is 10.2. The van der Waals surface area contributed by atoms with Gasteiger partial charge in [-0.1, -0.05) is 48.5 Å². The van der Waals surface area contributed by atoms with Crippen molar-refractivity contribution < 1.29 is 13.9 Å². The second kappa shape index (κ2) is 9.34. The van der Waals surface area contributed by atoms with Crippen LogP contribution < -0.4 is 0 Å². The van der Waals surface area contributed by atoms with Gasteiger partial charge in [0.25, 0.3) is 0 Å². The molecule has 0 bridgehead atoms. The lowest BCUT2D eigenvalue weighted by Crippen LogP contribution is -2.49. The summed E-state index contributed by atoms with van der Waals surface area (Å²) in [4.78, 5) is 16.3. The number of nitrogens with zero attached hydrogens (tertiary/aromatic N) is 4. The molecule has 0 unspecified atom stereocenters. The summed E-state index contributed by atoms with van der Waals surface area (Å²) in [6, 6.07) is 19.5. The fourth-order valence-electron chi connectivity index (χ4n) is 3.27. The highest BCUT2D eigenvalue weighted by Crippen LogP contribution is 2.17. The highest BCUT2D eigenvalue weighted by Gasteiger charge is 2.22. The van der Waals surface area contributed by atoms with E-state index in [9.17, 15) is 4.79 Å². The summed E-state index contributed by atoms with van der Waals surface area (Å²) in [6.45, 7) is 4.06. The van der Waals surface area contributed by atoms with Crippen molar-refractivity contribution in [2.45, 2.75) is 13.0 Å². The second-order valence-electron chi connectivity index (χ2n) is 6.99. The van der Waals surface area contributed by atoms with Crippen LogP contribution in [-0.4, -0.2) is 58.8 Å². The van der Waals surface area contributed by atoms with Crippen LogP contribution in [0.1, 0.15) is 11.5 Å². The molecule has 150 valence electrons. The van der Waals surface area contributed by atoms with Crippen LogP contribution in [0.5, 0.6) is 0 Å². The average Bonchev–Trinajstić information content (AvgIpc) is 3.27. The molecule has 29 heavy (non-hydrogen) atoms. The molecule has 0 aliphatic carbocycles. The Morgan fingerprint density at radius 2 is 1.62 bits per heavy atom. The van der Waals surface area contributed by atoms with Crippen LogP contribution in [0.3, 0.4) is 0 Å². The number of amides is 1. The Morgan fingerprint density at radius 1 is 0.931 bits per heavy atom. The van der Waals surface area contributed by atoms with Crippen molar-refractivity contribution in [2.24, 2.45) is 0 Å². The van der Waals surface area contributed by atoms with E-state index in [0.717, 1.165) is 30.8 Å². The largest absolute Gasteiger partial charge is 0.445 e. The number of ether oxygens (including phenoxy) is 1. The van der Waals surface area contributed by atoms with Crippen molar-refractivity contribution >= 4 is 6.09 Å². The molecule has 1 saturated heterocycles. The van der Waals surface area contributed by atoms with Gasteiger partial charge in [0.15, 0.2) is 0 Å². The van der Waals surface area contributed by atoms with Gasteiger partial charge >= 0.3 is 6.09 Å². The zero-order valence-corrected chi connectivity index (χ0v) is 16.2. The lowest BCUT2D eigenvalue weighted by Gasteiger charge is -2.33. The molecule has 0 N–H and O–H groups in total. The Labute approximate surface area is 169 Å². The Bertz CT molecular complexity index is 906. The molecule has 2 heterocycles. The summed E-state index contributed by atoms with van der Waals surface area (Å²) in [6.07, 6.45) is 0.441. The SMILES string of the molecule is O=C(OCc1ccccc1)N1CCN(CCc2nnc(-c3ccccc3)o2)CC1. The maximum atomic E-state index is 12.2. The molecule has 3 aromatic rings. The first-order valence-electron chi connectivity index (χ1n) is 9.84. The van der Waals surface area contributed by atoms with Crippen LogP contribution in [0.4, 0.5) is 4.79 Å². The fraction of sp³-hybridized carbons (Fsp3) is 0.318. The molecule has 7 nitrogen and oxygen atoms in total. The Hall–Kier alpha value is -3.19. The van der Waals surface area contributed by atoms with Gasteiger partial charge in [-0.25, -0.2) is 4.79 Å². The first kappa shape index (κ1) is 19.1. The van der Waals surface area contributed by atoms with Gasteiger partial charge in [0.05, 0.1) is 0 Å². The average molecular weight is 392 g/mol. The standard InChI is InChI=1S/C22H24N4O3/c27-22(28-17-18-7-3-1-4-8-18)26-15-13-25(14-16-26)12-11-20-23-24-21(29-20)19-9-5-2-6-10-19/h1-10H,11-17H2. The van der Waals surface area contributed by atoms with Gasteiger partial charge in [-0.15, -0.1) is 10.2 Å². The summed E-state index contributed by atoms with van der Waals surface area (Å²) in [7, 11) is 0. The minimum Gasteiger partial charge on any atom is -0.445 e. The third-order valence-corrected chi connectivity index (χ3v) is 4.97. The molecule has 1 amide bonds. The van der Waals surface area contributed by atoms with Crippen molar-refractivity contribution in [1.29, 1.82) is 0 Å². The number of carbonyl (C=O) groups excluding carboxylic acids is 1. The van der Waals surface area contributed by atoms with Gasteiger partial charge in [0.2, 0.25) is 11.8 Å². The first-order chi connectivity index (χ1) is 14.3. The van der Waals surface area contributed by atoms with E-state index < -0.39 is 0 Å². The molecule has 0 saturated carbocycles. The highest BCUT2D eigenvalue weighted by atomic mass is 16.6. The van der Waals surface area contributed by atoms with Crippen LogP contribution in [0.2, 0.25) is 0 Å². The van der Waals surface area contributed by atoms with E-state index in [2.05, 4.69) is 15.1 Å². The number of benzene rings is 2. The number of hydrogen-bond donors (Lipinski definition) is 0. The molecular formula is C22H24N4O3. The monoisotopic (exact) mass is 392 g/mol. The number of piperazine rings is 1. The normalized spacial score (nSPS) is 14.7. The zero-order chi connectivity index (χ0) is 19.9. The van der Waals surface area contributed by atoms with Gasteiger partial charge in [-0.05, 0) is 17.7 Å². The molecule has 0 radical (unpaired) electrons. The number of aromatic nitrogens is 2. The predicted molar refractivity (Wildman–Crippen MR) is 108 cm³/mol. The Kier molecular flexibility index (Phi) is 6.16. The zero-order valence-electron chi connectivity index (χ0n) is 16.2. The van der Waals surface area contributed by atoms with Crippen LogP contribution in [-0.2, 0) is 17.8 Å². The van der Waals surface area contributed by atoms with E-state index in [1.54, 1.807) is 4.90 Å². The van der Waals surface area contributed by atoms with Gasteiger partial charge < -0.3 is 14.1 Å². The van der Waals surface area contributed by atoms with Crippen LogP contribution in [0.25, 0.3) is 11.5 Å². The molecule has 4 rings (SSSR count). The van der Waals surface area contributed by atoms with Crippen molar-refractivity contribution in [3.63, 3.8) is 0 Å². The van der Waals surface area contributed by atoms with E-state index in [1.807, 2.05) is 60.7 Å². The molecule has 7 heteroatoms. The van der Waals surface area contributed by atoms with Crippen LogP contribution in [0.15, 0.2) is 65.1 Å². The van der Waals surface area contributed by atoms with Crippen molar-refractivity contribution in [2.75, 3.05) is 32.7 Å². The quantitative estimate of drug-likeness (QED) is 0.641. The first-order valence-corrected chi connectivity index (χ1v) is 9.84. The molecule has 1 fully saturated rings. The predicted octanol–water partition coefficient (Wildman–Crippen LogP) is 3.23. The van der Waals surface area contributed by atoms with E-state index in [4.69, 9.17) is 9.15 Å². The van der Waals surface area contributed by atoms with Crippen LogP contribution in [0, 0.1) is 0 Å². The summed E-state index contributed by atoms with van der Waals surface area (Å²) in [5.41, 5.74) is 1.92. The second-order valence-corrected chi connectivity index (χ2v) is 6.99. The Balaban J connectivity index is 1.19. The minimum atomic E-state index is -0.252. The van der Waals surface area contributed by atoms with E-state index in [1.165, 1.54) is 0 Å². The summed E-state index contributed by atoms with van der Waals surface area (Å²) in [5, 5.41) is 8.27. The third-order valence-electron chi connectivity index (χ3n) is 4.97. The van der Waals surface area contributed by atoms with E-state index in [-0.39, 0.29) is 6.09 Å². The van der Waals surface area contributed by atoms with Gasteiger partial charge in [-0.2, -0.15) is 0 Å². The molecule has 1 aromatic heterocycles. The van der Waals surface area contributed by atoms with Gasteiger partial charge in [0.1, 0.15) is 6.61 Å². The molecular weight excluding hydrogens is 368 g/mol. The van der Waals surface area contributed by atoms with Crippen molar-refractivity contribution in [3.8, 4) is 11.5 Å². The van der Waals surface area contributed by atoms with Crippen LogP contribution >= 0.6 is 0 Å². The highest BCUT2D eigenvalue weighted by molar-refractivity contribution is 5.67. The summed E-state index contributed by atoms with van der Waals surface area (Å²) >= 11 is 0. The van der Waals surface area contributed by atoms with Gasteiger partial charge in [-0.3, -0.25) is 4.90 Å². The third kappa shape index (κ3) is 5.20. The van der Waals surface area contributed by atoms with Crippen molar-refractivity contribution in [1.82, 2.24) is 20.0 Å². The van der Waals surface area contributed by atoms with E-state index >= 15 is 0 Å². The maximum absolute atomic E-state index is 12.2. The molecule has 0 spiro atoms. The lowest BCUT2D eigenvalue weighted by molar-refractivity contribution is 0.0715. The van der Waals surface area contributed by atoms with Crippen molar-refractivity contribution in [3.05, 3.63) is 72.1 Å². The van der Waals surface area contributed by atoms with E-state index in [0.29, 0.717) is 37.9 Å². The molecule has 2 aromatic carbocycles. The van der Waals surface area contributed by atoms with Gasteiger partial charge in [0, 0.05) is 44.7 Å². The number of hydrogen-bond acceptors (Lipinski definition) is 6. The molecule has 1 aliphatic rings. The fourth-order valence-corrected chi connectivity index (χ4v) is 3.27. The summed E-state index contributed by atoms with van der Waals surface area (Å²) in [5.74, 6) is 1.18. The topological polar surface area (TPSA) is 71.7 Å². The number of rotatable bonds is 6. The number of carbonyl (C=O) groups is 1. The summed E-state index contributed by atoms with van der Waals surface area (Å²) < 4.78 is 11.2. The molecule has 1 aliphatic heterocycles.